The van der Waals surface area contributed by atoms with Gasteiger partial charge in [0, 0.05) is 43.8 Å². The van der Waals surface area contributed by atoms with Crippen molar-refractivity contribution in [1.82, 2.24) is 14.2 Å². The molecule has 40 heavy (non-hydrogen) atoms. The molecule has 3 aromatic carbocycles. The maximum atomic E-state index is 13.6. The first-order valence-electron chi connectivity index (χ1n) is 12.6. The molecule has 0 aliphatic carbocycles. The van der Waals surface area contributed by atoms with Gasteiger partial charge in [0.25, 0.3) is 0 Å². The van der Waals surface area contributed by atoms with Gasteiger partial charge in [-0.2, -0.15) is 17.5 Å². The van der Waals surface area contributed by atoms with Crippen LogP contribution in [-0.4, -0.2) is 61.9 Å². The lowest BCUT2D eigenvalue weighted by atomic mass is 10.1. The van der Waals surface area contributed by atoms with Gasteiger partial charge >= 0.3 is 6.18 Å². The maximum absolute atomic E-state index is 13.6. The number of ether oxygens (including phenoxy) is 1. The van der Waals surface area contributed by atoms with Crippen LogP contribution in [0.5, 0.6) is 0 Å². The quantitative estimate of drug-likeness (QED) is 0.256. The van der Waals surface area contributed by atoms with Crippen LogP contribution in [0.2, 0.25) is 0 Å². The minimum absolute atomic E-state index is 0.0167. The number of benzene rings is 3. The molecule has 1 heterocycles. The third kappa shape index (κ3) is 7.09. The van der Waals surface area contributed by atoms with Crippen molar-refractivity contribution in [2.45, 2.75) is 24.0 Å². The van der Waals surface area contributed by atoms with E-state index in [1.165, 1.54) is 36.3 Å². The predicted octanol–water partition coefficient (Wildman–Crippen LogP) is 5.10. The molecule has 1 amide bonds. The van der Waals surface area contributed by atoms with Gasteiger partial charge in [-0.1, -0.05) is 48.5 Å². The Hall–Kier alpha value is -3.67. The van der Waals surface area contributed by atoms with E-state index in [1.54, 1.807) is 18.2 Å². The summed E-state index contributed by atoms with van der Waals surface area (Å²) >= 11 is 0. The molecule has 4 aromatic rings. The smallest absolute Gasteiger partial charge is 0.383 e. The summed E-state index contributed by atoms with van der Waals surface area (Å²) in [6.45, 7) is -0.174. The number of alkyl halides is 3. The van der Waals surface area contributed by atoms with Crippen LogP contribution in [0.25, 0.3) is 10.9 Å². The van der Waals surface area contributed by atoms with E-state index in [2.05, 4.69) is 4.98 Å². The molecule has 0 saturated heterocycles. The number of nitrogens with zero attached hydrogens (tertiary/aromatic N) is 2. The summed E-state index contributed by atoms with van der Waals surface area (Å²) < 4.78 is 72.1. The molecule has 0 aliphatic heterocycles. The summed E-state index contributed by atoms with van der Waals surface area (Å²) in [5.74, 6) is -0.477. The number of fused-ring (bicyclic) bond motifs is 1. The molecule has 1 aromatic heterocycles. The van der Waals surface area contributed by atoms with E-state index in [9.17, 15) is 26.4 Å². The van der Waals surface area contributed by atoms with Crippen molar-refractivity contribution in [3.8, 4) is 0 Å². The van der Waals surface area contributed by atoms with Gasteiger partial charge in [-0.25, -0.2) is 8.42 Å². The zero-order valence-corrected chi connectivity index (χ0v) is 22.7. The summed E-state index contributed by atoms with van der Waals surface area (Å²) in [6, 6.07) is 20.1. The molecule has 0 saturated carbocycles. The van der Waals surface area contributed by atoms with Crippen LogP contribution in [0.1, 0.15) is 16.7 Å². The molecule has 4 rings (SSSR count). The van der Waals surface area contributed by atoms with Crippen LogP contribution in [0.3, 0.4) is 0 Å². The number of carbonyl (C=O) groups excluding carboxylic acids is 1. The van der Waals surface area contributed by atoms with Crippen LogP contribution >= 0.6 is 0 Å². The number of sulfonamides is 1. The minimum Gasteiger partial charge on any atom is -0.383 e. The first-order chi connectivity index (χ1) is 19.1. The Balaban J connectivity index is 1.59. The van der Waals surface area contributed by atoms with Crippen molar-refractivity contribution in [2.24, 2.45) is 0 Å². The normalized spacial score (nSPS) is 12.2. The molecule has 0 atom stereocenters. The lowest BCUT2D eigenvalue weighted by molar-refractivity contribution is -0.137. The lowest BCUT2D eigenvalue weighted by Crippen LogP contribution is -2.44. The van der Waals surface area contributed by atoms with Gasteiger partial charge in [0.2, 0.25) is 15.9 Å². The molecule has 0 aliphatic rings. The zero-order chi connectivity index (χ0) is 28.8. The molecule has 0 radical (unpaired) electrons. The van der Waals surface area contributed by atoms with Crippen molar-refractivity contribution >= 4 is 26.8 Å². The van der Waals surface area contributed by atoms with Gasteiger partial charge in [0.1, 0.15) is 0 Å². The Morgan fingerprint density at radius 2 is 1.60 bits per heavy atom. The lowest BCUT2D eigenvalue weighted by Gasteiger charge is -2.27. The number of hydrogen-bond donors (Lipinski definition) is 1. The molecule has 0 bridgehead atoms. The molecular formula is C29H30F3N3O4S. The van der Waals surface area contributed by atoms with E-state index < -0.39 is 34.2 Å². The third-order valence-electron chi connectivity index (χ3n) is 6.57. The monoisotopic (exact) mass is 573 g/mol. The first-order valence-corrected chi connectivity index (χ1v) is 14.1. The highest BCUT2D eigenvalue weighted by Gasteiger charge is 2.31. The number of para-hydroxylation sites is 1. The summed E-state index contributed by atoms with van der Waals surface area (Å²) in [5, 5.41) is 0.998. The molecular weight excluding hydrogens is 543 g/mol. The highest BCUT2D eigenvalue weighted by Crippen LogP contribution is 2.29. The Morgan fingerprint density at radius 3 is 2.27 bits per heavy atom. The van der Waals surface area contributed by atoms with E-state index in [-0.39, 0.29) is 31.1 Å². The number of aromatic nitrogens is 1. The number of amides is 1. The van der Waals surface area contributed by atoms with E-state index in [4.69, 9.17) is 4.74 Å². The SMILES string of the molecule is COCCN(CC(=O)N(CCc1c[nH]c2ccccc12)Cc1ccc(C(F)(F)F)cc1)S(=O)(=O)c1ccccc1. The highest BCUT2D eigenvalue weighted by molar-refractivity contribution is 7.89. The maximum Gasteiger partial charge on any atom is 0.416 e. The van der Waals surface area contributed by atoms with Gasteiger partial charge < -0.3 is 14.6 Å². The summed E-state index contributed by atoms with van der Waals surface area (Å²) in [5.41, 5.74) is 1.62. The number of H-pyrrole nitrogens is 1. The van der Waals surface area contributed by atoms with Crippen molar-refractivity contribution in [1.29, 1.82) is 0 Å². The average Bonchev–Trinajstić information content (AvgIpc) is 3.36. The second kappa shape index (κ2) is 12.7. The van der Waals surface area contributed by atoms with Gasteiger partial charge in [-0.05, 0) is 47.9 Å². The van der Waals surface area contributed by atoms with E-state index in [0.717, 1.165) is 32.9 Å². The topological polar surface area (TPSA) is 82.7 Å². The molecule has 0 unspecified atom stereocenters. The van der Waals surface area contributed by atoms with Gasteiger partial charge in [0.15, 0.2) is 0 Å². The van der Waals surface area contributed by atoms with E-state index >= 15 is 0 Å². The summed E-state index contributed by atoms with van der Waals surface area (Å²) in [4.78, 5) is 18.4. The average molecular weight is 574 g/mol. The second-order valence-corrected chi connectivity index (χ2v) is 11.2. The summed E-state index contributed by atoms with van der Waals surface area (Å²) in [6.07, 6.45) is -2.16. The Kier molecular flexibility index (Phi) is 9.28. The Morgan fingerprint density at radius 1 is 0.925 bits per heavy atom. The fourth-order valence-corrected chi connectivity index (χ4v) is 5.77. The van der Waals surface area contributed by atoms with Crippen LogP contribution in [-0.2, 0) is 38.7 Å². The van der Waals surface area contributed by atoms with Crippen molar-refractivity contribution in [3.05, 3.63) is 102 Å². The van der Waals surface area contributed by atoms with Crippen LogP contribution in [0.4, 0.5) is 13.2 Å². The molecule has 212 valence electrons. The summed E-state index contributed by atoms with van der Waals surface area (Å²) in [7, 11) is -2.57. The molecule has 11 heteroatoms. The Labute approximate surface area is 231 Å². The number of carbonyl (C=O) groups is 1. The number of methoxy groups -OCH3 is 1. The number of rotatable bonds is 12. The van der Waals surface area contributed by atoms with Crippen molar-refractivity contribution < 1.29 is 31.1 Å². The standard InChI is InChI=1S/C29H30F3N3O4S/c1-39-18-17-35(40(37,38)25-7-3-2-4-8-25)21-28(36)34(20-22-11-13-24(14-12-22)29(30,31)32)16-15-23-19-33-27-10-6-5-9-26(23)27/h2-14,19,33H,15-18,20-21H2,1H3. The number of nitrogens with one attached hydrogen (secondary N) is 1. The first kappa shape index (κ1) is 29.3. The number of hydrogen-bond acceptors (Lipinski definition) is 4. The van der Waals surface area contributed by atoms with E-state index in [1.807, 2.05) is 30.5 Å². The van der Waals surface area contributed by atoms with Gasteiger partial charge in [-0.15, -0.1) is 0 Å². The molecule has 0 spiro atoms. The molecule has 1 N–H and O–H groups in total. The largest absolute Gasteiger partial charge is 0.416 e. The Bertz CT molecular complexity index is 1520. The number of aromatic amines is 1. The second-order valence-electron chi connectivity index (χ2n) is 9.26. The molecule has 0 fully saturated rings. The van der Waals surface area contributed by atoms with E-state index in [0.29, 0.717) is 12.0 Å². The van der Waals surface area contributed by atoms with Gasteiger partial charge in [0.05, 0.1) is 23.6 Å². The fraction of sp³-hybridized carbons (Fsp3) is 0.276. The molecule has 7 nitrogen and oxygen atoms in total. The fourth-order valence-electron chi connectivity index (χ4n) is 4.38. The van der Waals surface area contributed by atoms with Crippen molar-refractivity contribution in [2.75, 3.05) is 33.4 Å². The van der Waals surface area contributed by atoms with Crippen molar-refractivity contribution in [3.63, 3.8) is 0 Å². The predicted molar refractivity (Wildman–Crippen MR) is 146 cm³/mol. The number of halogens is 3. The van der Waals surface area contributed by atoms with Crippen LogP contribution in [0, 0.1) is 0 Å². The zero-order valence-electron chi connectivity index (χ0n) is 21.9. The third-order valence-corrected chi connectivity index (χ3v) is 8.43. The minimum atomic E-state index is -4.48. The van der Waals surface area contributed by atoms with Gasteiger partial charge in [-0.3, -0.25) is 4.79 Å². The highest BCUT2D eigenvalue weighted by atomic mass is 32.2. The van der Waals surface area contributed by atoms with Crippen LogP contribution < -0.4 is 0 Å². The van der Waals surface area contributed by atoms with Crippen LogP contribution in [0.15, 0.2) is 90.0 Å².